The van der Waals surface area contributed by atoms with Crippen molar-refractivity contribution < 1.29 is 9.53 Å². The molecule has 1 N–H and O–H groups in total. The molecule has 1 atom stereocenters. The van der Waals surface area contributed by atoms with Crippen molar-refractivity contribution in [3.8, 4) is 0 Å². The van der Waals surface area contributed by atoms with E-state index in [1.54, 1.807) is 0 Å². The van der Waals surface area contributed by atoms with Crippen molar-refractivity contribution >= 4 is 5.91 Å². The van der Waals surface area contributed by atoms with E-state index in [2.05, 4.69) is 10.2 Å². The summed E-state index contributed by atoms with van der Waals surface area (Å²) < 4.78 is 5.36. The van der Waals surface area contributed by atoms with Gasteiger partial charge in [0.2, 0.25) is 5.91 Å². The van der Waals surface area contributed by atoms with Crippen LogP contribution in [0.2, 0.25) is 0 Å². The predicted octanol–water partition coefficient (Wildman–Crippen LogP) is 1.16. The molecule has 102 valence electrons. The van der Waals surface area contributed by atoms with E-state index in [-0.39, 0.29) is 5.92 Å². The number of hydrogen-bond donors (Lipinski definition) is 1. The number of nitrogens with zero attached hydrogens (tertiary/aromatic N) is 1. The highest BCUT2D eigenvalue weighted by atomic mass is 16.5. The first-order valence-electron chi connectivity index (χ1n) is 7.46. The summed E-state index contributed by atoms with van der Waals surface area (Å²) in [6.07, 6.45) is 6.74. The van der Waals surface area contributed by atoms with Crippen LogP contribution in [0.5, 0.6) is 0 Å². The first-order valence-corrected chi connectivity index (χ1v) is 7.46. The molecule has 0 aromatic heterocycles. The van der Waals surface area contributed by atoms with Gasteiger partial charge in [-0.15, -0.1) is 0 Å². The van der Waals surface area contributed by atoms with Crippen molar-refractivity contribution in [3.05, 3.63) is 0 Å². The summed E-state index contributed by atoms with van der Waals surface area (Å²) in [5.74, 6) is 0.621. The number of rotatable bonds is 4. The Balaban J connectivity index is 1.59. The average Bonchev–Trinajstić information content (AvgIpc) is 3.13. The quantitative estimate of drug-likeness (QED) is 0.816. The van der Waals surface area contributed by atoms with Crippen LogP contribution in [-0.4, -0.2) is 49.2 Å². The van der Waals surface area contributed by atoms with Crippen LogP contribution in [-0.2, 0) is 9.53 Å². The normalized spacial score (nSPS) is 29.4. The lowest BCUT2D eigenvalue weighted by Crippen LogP contribution is -2.45. The van der Waals surface area contributed by atoms with Gasteiger partial charge >= 0.3 is 0 Å². The SMILES string of the molecule is O=C(C1CCOCC1)N(CC1CCCN1)C1CC1. The smallest absolute Gasteiger partial charge is 0.226 e. The van der Waals surface area contributed by atoms with Gasteiger partial charge < -0.3 is 15.0 Å². The van der Waals surface area contributed by atoms with Crippen molar-refractivity contribution in [2.24, 2.45) is 5.92 Å². The monoisotopic (exact) mass is 252 g/mol. The maximum absolute atomic E-state index is 12.6. The maximum Gasteiger partial charge on any atom is 0.226 e. The van der Waals surface area contributed by atoms with Gasteiger partial charge in [0.1, 0.15) is 0 Å². The van der Waals surface area contributed by atoms with Crippen molar-refractivity contribution in [2.45, 2.75) is 50.6 Å². The third-order valence-corrected chi connectivity index (χ3v) is 4.42. The molecule has 2 heterocycles. The second kappa shape index (κ2) is 5.57. The topological polar surface area (TPSA) is 41.6 Å². The summed E-state index contributed by atoms with van der Waals surface area (Å²) in [7, 11) is 0. The number of carbonyl (C=O) groups is 1. The fraction of sp³-hybridized carbons (Fsp3) is 0.929. The zero-order valence-electron chi connectivity index (χ0n) is 11.1. The van der Waals surface area contributed by atoms with Gasteiger partial charge in [0.25, 0.3) is 0 Å². The number of ether oxygens (including phenoxy) is 1. The average molecular weight is 252 g/mol. The van der Waals surface area contributed by atoms with E-state index in [9.17, 15) is 4.79 Å². The molecule has 2 saturated heterocycles. The Bertz CT molecular complexity index is 292. The van der Waals surface area contributed by atoms with Gasteiger partial charge in [0.05, 0.1) is 0 Å². The van der Waals surface area contributed by atoms with Gasteiger partial charge in [0, 0.05) is 37.8 Å². The minimum atomic E-state index is 0.223. The van der Waals surface area contributed by atoms with Gasteiger partial charge in [-0.25, -0.2) is 0 Å². The lowest BCUT2D eigenvalue weighted by molar-refractivity contribution is -0.139. The van der Waals surface area contributed by atoms with E-state index in [1.165, 1.54) is 25.7 Å². The standard InChI is InChI=1S/C14H24N2O2/c17-14(11-5-8-18-9-6-11)16(13-3-4-13)10-12-2-1-7-15-12/h11-13,15H,1-10H2. The molecular weight excluding hydrogens is 228 g/mol. The summed E-state index contributed by atoms with van der Waals surface area (Å²) >= 11 is 0. The van der Waals surface area contributed by atoms with Gasteiger partial charge in [-0.1, -0.05) is 0 Å². The molecule has 0 aromatic carbocycles. The largest absolute Gasteiger partial charge is 0.381 e. The zero-order valence-corrected chi connectivity index (χ0v) is 11.1. The Kier molecular flexibility index (Phi) is 3.85. The zero-order chi connectivity index (χ0) is 12.4. The van der Waals surface area contributed by atoms with Gasteiger partial charge in [-0.3, -0.25) is 4.79 Å². The third-order valence-electron chi connectivity index (χ3n) is 4.42. The van der Waals surface area contributed by atoms with Crippen molar-refractivity contribution in [1.82, 2.24) is 10.2 Å². The van der Waals surface area contributed by atoms with E-state index < -0.39 is 0 Å². The molecule has 1 unspecified atom stereocenters. The first-order chi connectivity index (χ1) is 8.84. The Morgan fingerprint density at radius 2 is 1.94 bits per heavy atom. The van der Waals surface area contributed by atoms with Crippen LogP contribution in [0.15, 0.2) is 0 Å². The molecular formula is C14H24N2O2. The minimum Gasteiger partial charge on any atom is -0.381 e. The maximum atomic E-state index is 12.6. The Hall–Kier alpha value is -0.610. The van der Waals surface area contributed by atoms with E-state index in [0.29, 0.717) is 18.0 Å². The molecule has 3 fully saturated rings. The van der Waals surface area contributed by atoms with Crippen LogP contribution in [0.1, 0.15) is 38.5 Å². The van der Waals surface area contributed by atoms with Crippen LogP contribution < -0.4 is 5.32 Å². The molecule has 1 amide bonds. The lowest BCUT2D eigenvalue weighted by Gasteiger charge is -2.31. The van der Waals surface area contributed by atoms with E-state index >= 15 is 0 Å². The molecule has 3 aliphatic rings. The van der Waals surface area contributed by atoms with Gasteiger partial charge in [-0.05, 0) is 45.1 Å². The number of hydrogen-bond acceptors (Lipinski definition) is 3. The molecule has 1 saturated carbocycles. The summed E-state index contributed by atoms with van der Waals surface area (Å²) in [5.41, 5.74) is 0. The van der Waals surface area contributed by atoms with Gasteiger partial charge in [-0.2, -0.15) is 0 Å². The molecule has 0 aromatic rings. The van der Waals surface area contributed by atoms with Crippen LogP contribution in [0, 0.1) is 5.92 Å². The highest BCUT2D eigenvalue weighted by molar-refractivity contribution is 5.79. The Morgan fingerprint density at radius 1 is 1.17 bits per heavy atom. The molecule has 0 spiro atoms. The molecule has 3 rings (SSSR count). The molecule has 4 heteroatoms. The third kappa shape index (κ3) is 2.86. The Morgan fingerprint density at radius 3 is 2.56 bits per heavy atom. The second-order valence-electron chi connectivity index (χ2n) is 5.90. The second-order valence-corrected chi connectivity index (χ2v) is 5.90. The van der Waals surface area contributed by atoms with E-state index in [0.717, 1.165) is 39.1 Å². The molecule has 18 heavy (non-hydrogen) atoms. The van der Waals surface area contributed by atoms with Crippen LogP contribution in [0.25, 0.3) is 0 Å². The molecule has 0 radical (unpaired) electrons. The lowest BCUT2D eigenvalue weighted by atomic mass is 9.98. The highest BCUT2D eigenvalue weighted by Gasteiger charge is 2.37. The summed E-state index contributed by atoms with van der Waals surface area (Å²) in [6.45, 7) is 3.57. The van der Waals surface area contributed by atoms with Crippen molar-refractivity contribution in [1.29, 1.82) is 0 Å². The fourth-order valence-electron chi connectivity index (χ4n) is 3.13. The number of nitrogens with one attached hydrogen (secondary N) is 1. The fourth-order valence-corrected chi connectivity index (χ4v) is 3.13. The minimum absolute atomic E-state index is 0.223. The Labute approximate surface area is 109 Å². The molecule has 4 nitrogen and oxygen atoms in total. The molecule has 0 bridgehead atoms. The van der Waals surface area contributed by atoms with Gasteiger partial charge in [0.15, 0.2) is 0 Å². The summed E-state index contributed by atoms with van der Waals surface area (Å²) in [5, 5.41) is 3.51. The first kappa shape index (κ1) is 12.4. The van der Waals surface area contributed by atoms with Crippen molar-refractivity contribution in [2.75, 3.05) is 26.3 Å². The number of amides is 1. The molecule has 2 aliphatic heterocycles. The summed E-state index contributed by atoms with van der Waals surface area (Å²) in [4.78, 5) is 14.8. The molecule has 1 aliphatic carbocycles. The summed E-state index contributed by atoms with van der Waals surface area (Å²) in [6, 6.07) is 1.08. The van der Waals surface area contributed by atoms with E-state index in [1.807, 2.05) is 0 Å². The highest BCUT2D eigenvalue weighted by Crippen LogP contribution is 2.30. The van der Waals surface area contributed by atoms with Crippen LogP contribution in [0.3, 0.4) is 0 Å². The van der Waals surface area contributed by atoms with Crippen LogP contribution >= 0.6 is 0 Å². The van der Waals surface area contributed by atoms with Crippen molar-refractivity contribution in [3.63, 3.8) is 0 Å². The van der Waals surface area contributed by atoms with Crippen LogP contribution in [0.4, 0.5) is 0 Å². The number of carbonyl (C=O) groups excluding carboxylic acids is 1. The van der Waals surface area contributed by atoms with E-state index in [4.69, 9.17) is 4.74 Å². The predicted molar refractivity (Wildman–Crippen MR) is 69.3 cm³/mol.